The Bertz CT molecular complexity index is 942. The molecule has 9 heteroatoms. The standard InChI is InChI=1S/C18H17F2N3O3S/c1-23(14-4-2-3-9-21-14)10-11-26-13-7-5-12(6-8-13)18(19,20)15-16(24)22-17(25)27-15/h2-9,24H,10-11H2,1H3,(H,22,25). The van der Waals surface area contributed by atoms with E-state index in [0.717, 1.165) is 5.82 Å². The molecule has 0 aliphatic rings. The van der Waals surface area contributed by atoms with Crippen molar-refractivity contribution in [1.82, 2.24) is 9.97 Å². The van der Waals surface area contributed by atoms with Crippen LogP contribution in [0.2, 0.25) is 0 Å². The second-order valence-electron chi connectivity index (χ2n) is 5.75. The van der Waals surface area contributed by atoms with Crippen LogP contribution in [0.15, 0.2) is 53.5 Å². The van der Waals surface area contributed by atoms with Crippen LogP contribution in [0.5, 0.6) is 11.6 Å². The second kappa shape index (κ2) is 7.75. The van der Waals surface area contributed by atoms with Gasteiger partial charge in [-0.25, -0.2) is 4.98 Å². The number of hydrogen-bond acceptors (Lipinski definition) is 6. The van der Waals surface area contributed by atoms with Crippen molar-refractivity contribution in [3.8, 4) is 11.6 Å². The molecule has 2 aromatic heterocycles. The van der Waals surface area contributed by atoms with Crippen molar-refractivity contribution in [2.75, 3.05) is 25.1 Å². The average Bonchev–Trinajstić information content (AvgIpc) is 3.02. The van der Waals surface area contributed by atoms with Gasteiger partial charge in [-0.15, -0.1) is 0 Å². The molecule has 0 fully saturated rings. The summed E-state index contributed by atoms with van der Waals surface area (Å²) in [6.45, 7) is 0.920. The predicted octanol–water partition coefficient (Wildman–Crippen LogP) is 3.19. The van der Waals surface area contributed by atoms with E-state index >= 15 is 0 Å². The highest BCUT2D eigenvalue weighted by Crippen LogP contribution is 2.41. The van der Waals surface area contributed by atoms with Gasteiger partial charge in [-0.3, -0.25) is 9.78 Å². The van der Waals surface area contributed by atoms with Crippen LogP contribution < -0.4 is 14.5 Å². The lowest BCUT2D eigenvalue weighted by atomic mass is 10.1. The quantitative estimate of drug-likeness (QED) is 0.645. The summed E-state index contributed by atoms with van der Waals surface area (Å²) in [5, 5.41) is 9.49. The van der Waals surface area contributed by atoms with Crippen LogP contribution in [0, 0.1) is 0 Å². The normalized spacial score (nSPS) is 11.4. The zero-order chi connectivity index (χ0) is 19.4. The lowest BCUT2D eigenvalue weighted by Gasteiger charge is -2.18. The molecule has 2 heterocycles. The third-order valence-electron chi connectivity index (χ3n) is 3.87. The van der Waals surface area contributed by atoms with E-state index in [9.17, 15) is 18.7 Å². The highest BCUT2D eigenvalue weighted by Gasteiger charge is 2.39. The first-order chi connectivity index (χ1) is 12.9. The number of rotatable bonds is 7. The van der Waals surface area contributed by atoms with Crippen molar-refractivity contribution in [1.29, 1.82) is 0 Å². The van der Waals surface area contributed by atoms with Crippen molar-refractivity contribution in [3.05, 3.63) is 68.8 Å². The number of nitrogens with zero attached hydrogens (tertiary/aromatic N) is 2. The van der Waals surface area contributed by atoms with E-state index in [1.807, 2.05) is 35.1 Å². The number of alkyl halides is 2. The summed E-state index contributed by atoms with van der Waals surface area (Å²) >= 11 is 0.282. The molecule has 2 N–H and O–H groups in total. The van der Waals surface area contributed by atoms with E-state index in [2.05, 4.69) is 4.98 Å². The van der Waals surface area contributed by atoms with Gasteiger partial charge in [-0.05, 0) is 36.4 Å². The number of aromatic hydroxyl groups is 1. The maximum absolute atomic E-state index is 14.5. The molecule has 0 radical (unpaired) electrons. The lowest BCUT2D eigenvalue weighted by molar-refractivity contribution is 0.0441. The molecule has 0 saturated carbocycles. The monoisotopic (exact) mass is 393 g/mol. The minimum Gasteiger partial charge on any atom is -0.494 e. The number of halogens is 2. The number of anilines is 1. The molecule has 0 atom stereocenters. The highest BCUT2D eigenvalue weighted by atomic mass is 32.1. The van der Waals surface area contributed by atoms with Crippen molar-refractivity contribution >= 4 is 17.2 Å². The van der Waals surface area contributed by atoms with Crippen molar-refractivity contribution in [2.45, 2.75) is 5.92 Å². The van der Waals surface area contributed by atoms with Gasteiger partial charge in [-0.2, -0.15) is 8.78 Å². The third-order valence-corrected chi connectivity index (χ3v) is 4.81. The first-order valence-corrected chi connectivity index (χ1v) is 8.85. The number of hydrogen-bond donors (Lipinski definition) is 2. The lowest BCUT2D eigenvalue weighted by Crippen LogP contribution is -2.24. The molecule has 0 unspecified atom stereocenters. The van der Waals surface area contributed by atoms with E-state index < -0.39 is 21.6 Å². The second-order valence-corrected chi connectivity index (χ2v) is 6.73. The van der Waals surface area contributed by atoms with Crippen molar-refractivity contribution in [2.24, 2.45) is 0 Å². The van der Waals surface area contributed by atoms with Gasteiger partial charge in [0.1, 0.15) is 23.1 Å². The van der Waals surface area contributed by atoms with Gasteiger partial charge in [0.2, 0.25) is 5.88 Å². The topological polar surface area (TPSA) is 78.5 Å². The SMILES string of the molecule is CN(CCOc1ccc(C(F)(F)c2sc(=O)[nH]c2O)cc1)c1ccccn1. The molecule has 142 valence electrons. The minimum atomic E-state index is -3.48. The number of aromatic nitrogens is 2. The number of thiazole rings is 1. The summed E-state index contributed by atoms with van der Waals surface area (Å²) < 4.78 is 34.5. The first kappa shape index (κ1) is 18.8. The molecule has 3 rings (SSSR count). The number of nitrogens with one attached hydrogen (secondary N) is 1. The number of benzene rings is 1. The van der Waals surface area contributed by atoms with Crippen LogP contribution in [-0.2, 0) is 5.92 Å². The van der Waals surface area contributed by atoms with E-state index in [1.54, 1.807) is 6.20 Å². The zero-order valence-electron chi connectivity index (χ0n) is 14.4. The summed E-state index contributed by atoms with van der Waals surface area (Å²) in [6, 6.07) is 10.9. The van der Waals surface area contributed by atoms with E-state index in [0.29, 0.717) is 18.9 Å². The van der Waals surface area contributed by atoms with Gasteiger partial charge in [0.25, 0.3) is 0 Å². The fraction of sp³-hybridized carbons (Fsp3) is 0.222. The van der Waals surface area contributed by atoms with Gasteiger partial charge in [0.05, 0.1) is 6.54 Å². The molecule has 0 amide bonds. The minimum absolute atomic E-state index is 0.282. The maximum atomic E-state index is 14.5. The number of aromatic amines is 1. The molecule has 0 saturated heterocycles. The molecule has 6 nitrogen and oxygen atoms in total. The molecule has 3 aromatic rings. The molecular formula is C18H17F2N3O3S. The fourth-order valence-corrected chi connectivity index (χ4v) is 3.15. The van der Waals surface area contributed by atoms with Gasteiger partial charge >= 0.3 is 10.8 Å². The fourth-order valence-electron chi connectivity index (χ4n) is 2.42. The maximum Gasteiger partial charge on any atom is 0.312 e. The molecule has 0 spiro atoms. The average molecular weight is 393 g/mol. The predicted molar refractivity (Wildman–Crippen MR) is 99.0 cm³/mol. The molecule has 0 bridgehead atoms. The number of pyridine rings is 1. The number of likely N-dealkylation sites (N-methyl/N-ethyl adjacent to an activating group) is 1. The Labute approximate surface area is 157 Å². The van der Waals surface area contributed by atoms with E-state index in [1.165, 1.54) is 24.3 Å². The van der Waals surface area contributed by atoms with Crippen LogP contribution >= 0.6 is 11.3 Å². The van der Waals surface area contributed by atoms with Gasteiger partial charge in [-0.1, -0.05) is 17.4 Å². The zero-order valence-corrected chi connectivity index (χ0v) is 15.2. The van der Waals surface area contributed by atoms with Gasteiger partial charge in [0, 0.05) is 18.8 Å². The van der Waals surface area contributed by atoms with Crippen LogP contribution in [0.25, 0.3) is 0 Å². The molecule has 0 aliphatic heterocycles. The van der Waals surface area contributed by atoms with Crippen LogP contribution in [0.3, 0.4) is 0 Å². The number of H-pyrrole nitrogens is 1. The summed E-state index contributed by atoms with van der Waals surface area (Å²) in [4.78, 5) is 17.8. The molecule has 0 aliphatic carbocycles. The third kappa shape index (κ3) is 4.25. The van der Waals surface area contributed by atoms with Crippen LogP contribution in [0.1, 0.15) is 10.4 Å². The Kier molecular flexibility index (Phi) is 5.41. The number of ether oxygens (including phenoxy) is 1. The molecule has 27 heavy (non-hydrogen) atoms. The van der Waals surface area contributed by atoms with Gasteiger partial charge in [0.15, 0.2) is 0 Å². The Morgan fingerprint density at radius 2 is 2.00 bits per heavy atom. The molecule has 1 aromatic carbocycles. The summed E-state index contributed by atoms with van der Waals surface area (Å²) in [6.07, 6.45) is 1.70. The Morgan fingerprint density at radius 3 is 2.59 bits per heavy atom. The first-order valence-electron chi connectivity index (χ1n) is 8.04. The van der Waals surface area contributed by atoms with Crippen molar-refractivity contribution in [3.63, 3.8) is 0 Å². The molecular weight excluding hydrogens is 376 g/mol. The Balaban J connectivity index is 1.62. The van der Waals surface area contributed by atoms with Crippen LogP contribution in [0.4, 0.5) is 14.6 Å². The van der Waals surface area contributed by atoms with Crippen molar-refractivity contribution < 1.29 is 18.6 Å². The van der Waals surface area contributed by atoms with Crippen LogP contribution in [-0.4, -0.2) is 35.3 Å². The Hall–Kier alpha value is -2.94. The van der Waals surface area contributed by atoms with Gasteiger partial charge < -0.3 is 14.7 Å². The summed E-state index contributed by atoms with van der Waals surface area (Å²) in [5.41, 5.74) is -0.342. The summed E-state index contributed by atoms with van der Waals surface area (Å²) in [7, 11) is 1.88. The largest absolute Gasteiger partial charge is 0.494 e. The smallest absolute Gasteiger partial charge is 0.312 e. The Morgan fingerprint density at radius 1 is 1.26 bits per heavy atom. The van der Waals surface area contributed by atoms with E-state index in [4.69, 9.17) is 4.74 Å². The highest BCUT2D eigenvalue weighted by molar-refractivity contribution is 7.09. The summed E-state index contributed by atoms with van der Waals surface area (Å²) in [5.74, 6) is -3.05. The van der Waals surface area contributed by atoms with E-state index in [-0.39, 0.29) is 16.9 Å².